The van der Waals surface area contributed by atoms with Gasteiger partial charge in [-0.1, -0.05) is 32.9 Å². The number of benzene rings is 1. The third-order valence-corrected chi connectivity index (χ3v) is 3.15. The van der Waals surface area contributed by atoms with Crippen LogP contribution in [0.3, 0.4) is 0 Å². The lowest BCUT2D eigenvalue weighted by molar-refractivity contribution is -0.111. The second kappa shape index (κ2) is 6.35. The Bertz CT molecular complexity index is 623. The lowest BCUT2D eigenvalue weighted by Crippen LogP contribution is -2.12. The Hall–Kier alpha value is -2.42. The first-order valence-corrected chi connectivity index (χ1v) is 6.95. The molecule has 0 saturated heterocycles. The number of nitrogens with zero attached hydrogens (tertiary/aromatic N) is 1. The number of hydrogen-bond donors (Lipinski definition) is 1. The molecule has 0 fully saturated rings. The number of nitrogens with one attached hydrogen (secondary N) is 1. The predicted octanol–water partition coefficient (Wildman–Crippen LogP) is 4.03. The molecule has 2 aromatic rings. The van der Waals surface area contributed by atoms with Gasteiger partial charge in [-0.25, -0.2) is 0 Å². The van der Waals surface area contributed by atoms with Crippen LogP contribution in [0.25, 0.3) is 6.08 Å². The van der Waals surface area contributed by atoms with Crippen LogP contribution in [-0.4, -0.2) is 10.9 Å². The van der Waals surface area contributed by atoms with E-state index in [0.29, 0.717) is 0 Å². The van der Waals surface area contributed by atoms with Gasteiger partial charge >= 0.3 is 0 Å². The van der Waals surface area contributed by atoms with Crippen molar-refractivity contribution in [3.05, 3.63) is 66.0 Å². The van der Waals surface area contributed by atoms with Crippen LogP contribution in [0.4, 0.5) is 5.69 Å². The number of hydrogen-bond acceptors (Lipinski definition) is 2. The highest BCUT2D eigenvalue weighted by molar-refractivity contribution is 6.01. The fourth-order valence-corrected chi connectivity index (χ4v) is 1.88. The van der Waals surface area contributed by atoms with Crippen LogP contribution in [-0.2, 0) is 10.2 Å². The molecule has 0 aliphatic carbocycles. The average Bonchev–Trinajstić information content (AvgIpc) is 2.46. The molecule has 1 heterocycles. The number of carbonyl (C=O) groups excluding carboxylic acids is 1. The molecule has 0 atom stereocenters. The molecule has 1 amide bonds. The van der Waals surface area contributed by atoms with Gasteiger partial charge in [0.25, 0.3) is 0 Å². The van der Waals surface area contributed by atoms with Crippen molar-refractivity contribution >= 4 is 17.7 Å². The van der Waals surface area contributed by atoms with Crippen molar-refractivity contribution in [2.45, 2.75) is 26.2 Å². The van der Waals surface area contributed by atoms with Crippen LogP contribution >= 0.6 is 0 Å². The monoisotopic (exact) mass is 280 g/mol. The number of pyridine rings is 1. The van der Waals surface area contributed by atoms with Crippen LogP contribution < -0.4 is 5.32 Å². The summed E-state index contributed by atoms with van der Waals surface area (Å²) in [6.45, 7) is 6.49. The molecular formula is C18H20N2O. The summed E-state index contributed by atoms with van der Waals surface area (Å²) in [6, 6.07) is 11.6. The van der Waals surface area contributed by atoms with Gasteiger partial charge in [-0.15, -0.1) is 0 Å². The Labute approximate surface area is 125 Å². The Balaban J connectivity index is 1.98. The third kappa shape index (κ3) is 4.56. The molecule has 21 heavy (non-hydrogen) atoms. The van der Waals surface area contributed by atoms with E-state index in [-0.39, 0.29) is 11.3 Å². The molecular weight excluding hydrogens is 260 g/mol. The largest absolute Gasteiger partial charge is 0.323 e. The van der Waals surface area contributed by atoms with Gasteiger partial charge in [-0.3, -0.25) is 9.78 Å². The van der Waals surface area contributed by atoms with Gasteiger partial charge in [0, 0.05) is 24.2 Å². The topological polar surface area (TPSA) is 42.0 Å². The Morgan fingerprint density at radius 1 is 1.05 bits per heavy atom. The van der Waals surface area contributed by atoms with E-state index in [2.05, 4.69) is 31.1 Å². The van der Waals surface area contributed by atoms with E-state index >= 15 is 0 Å². The standard InChI is InChI=1S/C18H20N2O/c1-18(2,3)15-5-7-16(8-6-15)20-17(21)9-4-14-10-12-19-13-11-14/h4-13H,1-3H3,(H,20,21)/b9-4+. The summed E-state index contributed by atoms with van der Waals surface area (Å²) in [6.07, 6.45) is 6.68. The smallest absolute Gasteiger partial charge is 0.248 e. The van der Waals surface area contributed by atoms with E-state index < -0.39 is 0 Å². The Kier molecular flexibility index (Phi) is 4.53. The van der Waals surface area contributed by atoms with Gasteiger partial charge in [0.1, 0.15) is 0 Å². The second-order valence-corrected chi connectivity index (χ2v) is 5.93. The molecule has 2 rings (SSSR count). The zero-order valence-electron chi connectivity index (χ0n) is 12.6. The minimum atomic E-state index is -0.143. The van der Waals surface area contributed by atoms with E-state index in [1.165, 1.54) is 11.6 Å². The van der Waals surface area contributed by atoms with Crippen molar-refractivity contribution in [3.63, 3.8) is 0 Å². The van der Waals surface area contributed by atoms with Crippen LogP contribution in [0.15, 0.2) is 54.9 Å². The molecule has 1 N–H and O–H groups in total. The van der Waals surface area contributed by atoms with E-state index in [0.717, 1.165) is 11.3 Å². The first-order chi connectivity index (χ1) is 9.95. The van der Waals surface area contributed by atoms with Crippen molar-refractivity contribution in [1.29, 1.82) is 0 Å². The number of anilines is 1. The lowest BCUT2D eigenvalue weighted by atomic mass is 9.87. The van der Waals surface area contributed by atoms with Crippen LogP contribution in [0.1, 0.15) is 31.9 Å². The molecule has 0 aliphatic heterocycles. The molecule has 1 aromatic heterocycles. The van der Waals surface area contributed by atoms with Gasteiger partial charge < -0.3 is 5.32 Å². The first kappa shape index (κ1) is 15.0. The van der Waals surface area contributed by atoms with Gasteiger partial charge in [-0.05, 0) is 46.9 Å². The molecule has 0 aliphatic rings. The highest BCUT2D eigenvalue weighted by Gasteiger charge is 2.12. The van der Waals surface area contributed by atoms with Gasteiger partial charge in [0.15, 0.2) is 0 Å². The Morgan fingerprint density at radius 3 is 2.24 bits per heavy atom. The first-order valence-electron chi connectivity index (χ1n) is 6.95. The van der Waals surface area contributed by atoms with Crippen molar-refractivity contribution < 1.29 is 4.79 Å². The fraction of sp³-hybridized carbons (Fsp3) is 0.222. The van der Waals surface area contributed by atoms with E-state index in [1.54, 1.807) is 18.5 Å². The van der Waals surface area contributed by atoms with E-state index in [9.17, 15) is 4.79 Å². The maximum Gasteiger partial charge on any atom is 0.248 e. The van der Waals surface area contributed by atoms with Crippen molar-refractivity contribution in [3.8, 4) is 0 Å². The SMILES string of the molecule is CC(C)(C)c1ccc(NC(=O)/C=C/c2ccncc2)cc1. The fourth-order valence-electron chi connectivity index (χ4n) is 1.88. The number of aromatic nitrogens is 1. The van der Waals surface area contributed by atoms with E-state index in [4.69, 9.17) is 0 Å². The Morgan fingerprint density at radius 2 is 1.67 bits per heavy atom. The van der Waals surface area contributed by atoms with Crippen LogP contribution in [0, 0.1) is 0 Å². The summed E-state index contributed by atoms with van der Waals surface area (Å²) >= 11 is 0. The van der Waals surface area contributed by atoms with Gasteiger partial charge in [-0.2, -0.15) is 0 Å². The molecule has 3 heteroatoms. The van der Waals surface area contributed by atoms with Gasteiger partial charge in [0.05, 0.1) is 0 Å². The summed E-state index contributed by atoms with van der Waals surface area (Å²) < 4.78 is 0. The second-order valence-electron chi connectivity index (χ2n) is 5.93. The summed E-state index contributed by atoms with van der Waals surface area (Å²) in [4.78, 5) is 15.8. The molecule has 108 valence electrons. The zero-order valence-corrected chi connectivity index (χ0v) is 12.6. The highest BCUT2D eigenvalue weighted by Crippen LogP contribution is 2.23. The maximum absolute atomic E-state index is 11.9. The molecule has 0 bridgehead atoms. The van der Waals surface area contributed by atoms with Crippen molar-refractivity contribution in [2.24, 2.45) is 0 Å². The molecule has 0 unspecified atom stereocenters. The van der Waals surface area contributed by atoms with Gasteiger partial charge in [0.2, 0.25) is 5.91 Å². The highest BCUT2D eigenvalue weighted by atomic mass is 16.1. The minimum Gasteiger partial charge on any atom is -0.323 e. The summed E-state index contributed by atoms with van der Waals surface area (Å²) in [7, 11) is 0. The van der Waals surface area contributed by atoms with E-state index in [1.807, 2.05) is 36.4 Å². The van der Waals surface area contributed by atoms with Crippen molar-refractivity contribution in [1.82, 2.24) is 4.98 Å². The lowest BCUT2D eigenvalue weighted by Gasteiger charge is -2.19. The van der Waals surface area contributed by atoms with Crippen LogP contribution in [0.2, 0.25) is 0 Å². The quantitative estimate of drug-likeness (QED) is 0.862. The maximum atomic E-state index is 11.9. The minimum absolute atomic E-state index is 0.115. The van der Waals surface area contributed by atoms with Crippen molar-refractivity contribution in [2.75, 3.05) is 5.32 Å². The number of carbonyl (C=O) groups is 1. The molecule has 1 aromatic carbocycles. The average molecular weight is 280 g/mol. The summed E-state index contributed by atoms with van der Waals surface area (Å²) in [5.41, 5.74) is 3.10. The molecule has 3 nitrogen and oxygen atoms in total. The number of rotatable bonds is 3. The third-order valence-electron chi connectivity index (χ3n) is 3.15. The molecule has 0 saturated carbocycles. The summed E-state index contributed by atoms with van der Waals surface area (Å²) in [5.74, 6) is -0.143. The summed E-state index contributed by atoms with van der Waals surface area (Å²) in [5, 5.41) is 2.85. The van der Waals surface area contributed by atoms with Crippen LogP contribution in [0.5, 0.6) is 0 Å². The molecule has 0 radical (unpaired) electrons. The normalized spacial score (nSPS) is 11.6. The zero-order chi connectivity index (χ0) is 15.3. The number of amides is 1. The predicted molar refractivity (Wildman–Crippen MR) is 87.0 cm³/mol. The molecule has 0 spiro atoms.